The van der Waals surface area contributed by atoms with Gasteiger partial charge in [-0.1, -0.05) is 5.16 Å². The van der Waals surface area contributed by atoms with E-state index in [0.717, 1.165) is 24.4 Å². The molecule has 0 spiro atoms. The third kappa shape index (κ3) is 3.97. The number of nitrogen functional groups attached to an aromatic ring is 1. The van der Waals surface area contributed by atoms with Crippen LogP contribution in [0, 0.1) is 0 Å². The van der Waals surface area contributed by atoms with Crippen LogP contribution in [0.5, 0.6) is 0 Å². The lowest BCUT2D eigenvalue weighted by atomic mass is 9.99. The van der Waals surface area contributed by atoms with Gasteiger partial charge in [-0.2, -0.15) is 9.36 Å². The molecule has 4 rings (SSSR count). The van der Waals surface area contributed by atoms with E-state index in [2.05, 4.69) is 19.8 Å². The number of aromatic nitrogens is 2. The molecule has 0 aromatic carbocycles. The second-order valence-electron chi connectivity index (χ2n) is 6.86. The highest BCUT2D eigenvalue weighted by Crippen LogP contribution is 2.42. The van der Waals surface area contributed by atoms with Crippen molar-refractivity contribution in [1.82, 2.24) is 19.6 Å². The molecule has 0 saturated carbocycles. The van der Waals surface area contributed by atoms with Gasteiger partial charge in [0.25, 0.3) is 11.8 Å². The average Bonchev–Trinajstić information content (AvgIpc) is 3.43. The first-order valence-corrected chi connectivity index (χ1v) is 11.4. The molecule has 3 aliphatic rings. The van der Waals surface area contributed by atoms with Crippen LogP contribution in [0.1, 0.15) is 25.6 Å². The minimum absolute atomic E-state index is 0.0137. The van der Waals surface area contributed by atoms with Gasteiger partial charge in [0.05, 0.1) is 6.10 Å². The lowest BCUT2D eigenvalue weighted by molar-refractivity contribution is -0.150. The summed E-state index contributed by atoms with van der Waals surface area (Å²) < 4.78 is 9.60. The van der Waals surface area contributed by atoms with Crippen LogP contribution >= 0.6 is 23.3 Å². The van der Waals surface area contributed by atoms with Crippen molar-refractivity contribution in [3.05, 3.63) is 17.1 Å². The summed E-state index contributed by atoms with van der Waals surface area (Å²) in [6.07, 6.45) is 1.27. The van der Waals surface area contributed by atoms with E-state index >= 15 is 0 Å². The smallest absolute Gasteiger partial charge is 0.352 e. The number of rotatable bonds is 7. The number of anilines is 1. The standard InChI is InChI=1S/C17H20N6O6S2/c1-2-29-21-9(12-20-17(18)31-22-12)13(24)19-10-14(25)23-11(16(26)27)7(6-30-15(10)23)8-4-3-5-28-8/h8,10,15H,2-6H2,1H3,(H,19,24)(H,26,27)(H2,18,20,22)/b21-9-/t8-,10?,15?/m0/s1. The average molecular weight is 469 g/mol. The van der Waals surface area contributed by atoms with Gasteiger partial charge in [0.1, 0.15) is 23.7 Å². The van der Waals surface area contributed by atoms with Crippen LogP contribution in [0.2, 0.25) is 0 Å². The Morgan fingerprint density at radius 2 is 2.29 bits per heavy atom. The zero-order valence-corrected chi connectivity index (χ0v) is 18.1. The number of amides is 2. The summed E-state index contributed by atoms with van der Waals surface area (Å²) in [5, 5.41) is 15.7. The largest absolute Gasteiger partial charge is 0.477 e. The van der Waals surface area contributed by atoms with E-state index < -0.39 is 29.2 Å². The fraction of sp³-hybridized carbons (Fsp3) is 0.529. The van der Waals surface area contributed by atoms with Crippen LogP contribution in [-0.4, -0.2) is 79.3 Å². The van der Waals surface area contributed by atoms with E-state index in [1.54, 1.807) is 6.92 Å². The van der Waals surface area contributed by atoms with Gasteiger partial charge in [0, 0.05) is 23.9 Å². The summed E-state index contributed by atoms with van der Waals surface area (Å²) in [4.78, 5) is 47.7. The maximum absolute atomic E-state index is 12.8. The SMILES string of the molecule is CCO/N=C(\C(=O)NC1C(=O)N2C(C(=O)O)=C([C@@H]3CCCO3)CSC12)c1nsc(N)n1. The van der Waals surface area contributed by atoms with Crippen molar-refractivity contribution in [2.75, 3.05) is 24.7 Å². The number of oxime groups is 1. The van der Waals surface area contributed by atoms with E-state index in [9.17, 15) is 19.5 Å². The predicted octanol–water partition coefficient (Wildman–Crippen LogP) is -0.221. The number of nitrogens with two attached hydrogens (primary N) is 1. The van der Waals surface area contributed by atoms with Crippen molar-refractivity contribution < 1.29 is 29.1 Å². The van der Waals surface area contributed by atoms with Crippen LogP contribution in [0.4, 0.5) is 5.13 Å². The number of carboxylic acid groups (broad SMARTS) is 1. The number of thioether (sulfide) groups is 1. The molecular formula is C17H20N6O6S2. The molecule has 14 heteroatoms. The number of nitrogens with one attached hydrogen (secondary N) is 1. The quantitative estimate of drug-likeness (QED) is 0.276. The number of hydrogen-bond acceptors (Lipinski definition) is 11. The van der Waals surface area contributed by atoms with Crippen molar-refractivity contribution in [2.24, 2.45) is 5.16 Å². The molecule has 31 heavy (non-hydrogen) atoms. The number of nitrogens with zero attached hydrogens (tertiary/aromatic N) is 4. The Labute approximate surface area is 185 Å². The van der Waals surface area contributed by atoms with Crippen LogP contribution in [-0.2, 0) is 24.0 Å². The van der Waals surface area contributed by atoms with Gasteiger partial charge in [-0.05, 0) is 25.3 Å². The predicted molar refractivity (Wildman–Crippen MR) is 111 cm³/mol. The molecule has 4 N–H and O–H groups in total. The summed E-state index contributed by atoms with van der Waals surface area (Å²) >= 11 is 2.28. The minimum Gasteiger partial charge on any atom is -0.477 e. The summed E-state index contributed by atoms with van der Waals surface area (Å²) in [5.41, 5.74) is 5.92. The molecule has 2 fully saturated rings. The Bertz CT molecular complexity index is 972. The van der Waals surface area contributed by atoms with Gasteiger partial charge in [0.2, 0.25) is 11.5 Å². The van der Waals surface area contributed by atoms with Gasteiger partial charge in [-0.25, -0.2) is 4.79 Å². The number of aliphatic carboxylic acids is 1. The van der Waals surface area contributed by atoms with E-state index in [4.69, 9.17) is 15.3 Å². The van der Waals surface area contributed by atoms with Crippen LogP contribution in [0.25, 0.3) is 0 Å². The van der Waals surface area contributed by atoms with Crippen molar-refractivity contribution in [3.63, 3.8) is 0 Å². The Hall–Kier alpha value is -2.71. The molecule has 0 aliphatic carbocycles. The second-order valence-corrected chi connectivity index (χ2v) is 8.74. The summed E-state index contributed by atoms with van der Waals surface area (Å²) in [7, 11) is 0. The maximum Gasteiger partial charge on any atom is 0.352 e. The fourth-order valence-electron chi connectivity index (χ4n) is 3.60. The van der Waals surface area contributed by atoms with Crippen LogP contribution in [0.3, 0.4) is 0 Å². The van der Waals surface area contributed by atoms with Crippen molar-refractivity contribution >= 4 is 51.9 Å². The number of ether oxygens (including phenoxy) is 1. The monoisotopic (exact) mass is 468 g/mol. The molecule has 3 atom stereocenters. The first kappa shape index (κ1) is 21.5. The van der Waals surface area contributed by atoms with Crippen molar-refractivity contribution in [1.29, 1.82) is 0 Å². The molecule has 0 radical (unpaired) electrons. The highest BCUT2D eigenvalue weighted by Gasteiger charge is 2.55. The molecule has 2 amide bonds. The van der Waals surface area contributed by atoms with Gasteiger partial charge in [0.15, 0.2) is 5.13 Å². The molecule has 3 aliphatic heterocycles. The van der Waals surface area contributed by atoms with E-state index in [1.165, 1.54) is 16.7 Å². The third-order valence-corrected chi connectivity index (χ3v) is 6.80. The lowest BCUT2D eigenvalue weighted by Crippen LogP contribution is -2.71. The molecule has 0 bridgehead atoms. The second kappa shape index (κ2) is 8.80. The number of fused-ring (bicyclic) bond motifs is 1. The fourth-order valence-corrected chi connectivity index (χ4v) is 5.44. The van der Waals surface area contributed by atoms with Gasteiger partial charge >= 0.3 is 5.97 Å². The van der Waals surface area contributed by atoms with Crippen molar-refractivity contribution in [3.8, 4) is 0 Å². The zero-order chi connectivity index (χ0) is 22.1. The Kier molecular flexibility index (Phi) is 6.11. The van der Waals surface area contributed by atoms with E-state index in [0.29, 0.717) is 17.9 Å². The first-order chi connectivity index (χ1) is 14.9. The molecule has 4 heterocycles. The topological polar surface area (TPSA) is 169 Å². The summed E-state index contributed by atoms with van der Waals surface area (Å²) in [6, 6.07) is -0.916. The zero-order valence-electron chi connectivity index (χ0n) is 16.4. The highest BCUT2D eigenvalue weighted by atomic mass is 32.2. The van der Waals surface area contributed by atoms with Gasteiger partial charge in [-0.15, -0.1) is 11.8 Å². The molecule has 12 nitrogen and oxygen atoms in total. The third-order valence-electron chi connectivity index (χ3n) is 4.96. The number of carbonyl (C=O) groups excluding carboxylic acids is 2. The Balaban J connectivity index is 1.53. The Morgan fingerprint density at radius 3 is 2.90 bits per heavy atom. The lowest BCUT2D eigenvalue weighted by Gasteiger charge is -2.49. The molecule has 2 saturated heterocycles. The number of carbonyl (C=O) groups is 3. The van der Waals surface area contributed by atoms with Crippen LogP contribution < -0.4 is 11.1 Å². The number of β-lactam (4-membered cyclic amide) rings is 1. The highest BCUT2D eigenvalue weighted by molar-refractivity contribution is 8.00. The molecule has 1 aromatic heterocycles. The van der Waals surface area contributed by atoms with E-state index in [1.807, 2.05) is 0 Å². The van der Waals surface area contributed by atoms with Crippen LogP contribution in [0.15, 0.2) is 16.4 Å². The summed E-state index contributed by atoms with van der Waals surface area (Å²) in [6.45, 7) is 2.47. The molecule has 166 valence electrons. The van der Waals surface area contributed by atoms with Gasteiger partial charge in [-0.3, -0.25) is 14.5 Å². The normalized spacial score (nSPS) is 25.8. The van der Waals surface area contributed by atoms with Crippen molar-refractivity contribution in [2.45, 2.75) is 37.3 Å². The molecule has 1 aromatic rings. The Morgan fingerprint density at radius 1 is 1.48 bits per heavy atom. The van der Waals surface area contributed by atoms with E-state index in [-0.39, 0.29) is 35.1 Å². The maximum atomic E-state index is 12.8. The minimum atomic E-state index is -1.19. The van der Waals surface area contributed by atoms with Gasteiger partial charge < -0.3 is 25.7 Å². The number of carboxylic acids is 1. The number of hydrogen-bond donors (Lipinski definition) is 3. The molecule has 2 unspecified atom stereocenters. The molecular weight excluding hydrogens is 448 g/mol. The summed E-state index contributed by atoms with van der Waals surface area (Å²) in [5.74, 6) is -2.03. The first-order valence-electron chi connectivity index (χ1n) is 9.55.